The van der Waals surface area contributed by atoms with Gasteiger partial charge in [-0.25, -0.2) is 0 Å². The Hall–Kier alpha value is -1.24. The van der Waals surface area contributed by atoms with Gasteiger partial charge in [0, 0.05) is 0 Å². The van der Waals surface area contributed by atoms with Gasteiger partial charge in [0.25, 0.3) is 0 Å². The van der Waals surface area contributed by atoms with Gasteiger partial charge in [-0.1, -0.05) is 45.1 Å². The number of rotatable bonds is 5. The zero-order valence-corrected chi connectivity index (χ0v) is 8.99. The zero-order chi connectivity index (χ0) is 10.4. The lowest BCUT2D eigenvalue weighted by atomic mass is 10.1. The number of hydrogen-bond acceptors (Lipinski definition) is 1. The van der Waals surface area contributed by atoms with Crippen LogP contribution in [0.4, 0.5) is 0 Å². The van der Waals surface area contributed by atoms with Crippen LogP contribution in [0.1, 0.15) is 25.8 Å². The SMILES string of the molecule is C=Cc1cccc(OCC(C)CC)c1. The standard InChI is InChI=1S/C13H18O/c1-4-11(3)10-14-13-8-6-7-12(5-2)9-13/h5-9,11H,2,4,10H2,1,3H3. The van der Waals surface area contributed by atoms with Crippen molar-refractivity contribution in [2.24, 2.45) is 5.92 Å². The highest BCUT2D eigenvalue weighted by atomic mass is 16.5. The van der Waals surface area contributed by atoms with E-state index >= 15 is 0 Å². The lowest BCUT2D eigenvalue weighted by Gasteiger charge is -2.11. The van der Waals surface area contributed by atoms with Gasteiger partial charge >= 0.3 is 0 Å². The third kappa shape index (κ3) is 3.25. The molecule has 0 saturated heterocycles. The Kier molecular flexibility index (Phi) is 4.24. The maximum atomic E-state index is 5.65. The van der Waals surface area contributed by atoms with Crippen molar-refractivity contribution in [1.29, 1.82) is 0 Å². The minimum Gasteiger partial charge on any atom is -0.493 e. The number of ether oxygens (including phenoxy) is 1. The van der Waals surface area contributed by atoms with E-state index in [2.05, 4.69) is 20.4 Å². The molecule has 1 rings (SSSR count). The van der Waals surface area contributed by atoms with Crippen molar-refractivity contribution in [3.05, 3.63) is 36.4 Å². The number of benzene rings is 1. The number of hydrogen-bond donors (Lipinski definition) is 0. The van der Waals surface area contributed by atoms with Gasteiger partial charge < -0.3 is 4.74 Å². The molecule has 0 amide bonds. The molecule has 0 aromatic heterocycles. The first kappa shape index (κ1) is 10.8. The maximum absolute atomic E-state index is 5.65. The van der Waals surface area contributed by atoms with Gasteiger partial charge in [0.2, 0.25) is 0 Å². The summed E-state index contributed by atoms with van der Waals surface area (Å²) >= 11 is 0. The third-order valence-corrected chi connectivity index (χ3v) is 2.33. The molecule has 0 bridgehead atoms. The molecular formula is C13H18O. The molecule has 1 nitrogen and oxygen atoms in total. The van der Waals surface area contributed by atoms with E-state index in [4.69, 9.17) is 4.74 Å². The third-order valence-electron chi connectivity index (χ3n) is 2.33. The molecule has 1 aromatic rings. The van der Waals surface area contributed by atoms with Gasteiger partial charge in [0.1, 0.15) is 5.75 Å². The second-order valence-corrected chi connectivity index (χ2v) is 3.60. The molecular weight excluding hydrogens is 172 g/mol. The summed E-state index contributed by atoms with van der Waals surface area (Å²) in [7, 11) is 0. The van der Waals surface area contributed by atoms with Gasteiger partial charge in [0.05, 0.1) is 6.61 Å². The van der Waals surface area contributed by atoms with E-state index in [1.807, 2.05) is 30.3 Å². The van der Waals surface area contributed by atoms with E-state index in [0.29, 0.717) is 5.92 Å². The first-order chi connectivity index (χ1) is 6.76. The molecule has 0 saturated carbocycles. The summed E-state index contributed by atoms with van der Waals surface area (Å²) in [6, 6.07) is 8.00. The molecule has 0 N–H and O–H groups in total. The summed E-state index contributed by atoms with van der Waals surface area (Å²) in [6.45, 7) is 8.88. The quantitative estimate of drug-likeness (QED) is 0.687. The van der Waals surface area contributed by atoms with Crippen molar-refractivity contribution in [3.63, 3.8) is 0 Å². The Balaban J connectivity index is 2.54. The summed E-state index contributed by atoms with van der Waals surface area (Å²) < 4.78 is 5.65. The first-order valence-corrected chi connectivity index (χ1v) is 5.11. The van der Waals surface area contributed by atoms with Crippen LogP contribution in [0.25, 0.3) is 6.08 Å². The Labute approximate surface area is 86.4 Å². The Morgan fingerprint density at radius 2 is 2.29 bits per heavy atom. The maximum Gasteiger partial charge on any atom is 0.119 e. The molecule has 14 heavy (non-hydrogen) atoms. The lowest BCUT2D eigenvalue weighted by molar-refractivity contribution is 0.256. The van der Waals surface area contributed by atoms with Crippen LogP contribution in [0.2, 0.25) is 0 Å². The smallest absolute Gasteiger partial charge is 0.119 e. The molecule has 0 heterocycles. The predicted octanol–water partition coefficient (Wildman–Crippen LogP) is 3.75. The van der Waals surface area contributed by atoms with Crippen molar-refractivity contribution in [2.45, 2.75) is 20.3 Å². The Bertz CT molecular complexity index is 291. The van der Waals surface area contributed by atoms with Crippen molar-refractivity contribution < 1.29 is 4.74 Å². The van der Waals surface area contributed by atoms with E-state index < -0.39 is 0 Å². The van der Waals surface area contributed by atoms with Gasteiger partial charge in [-0.2, -0.15) is 0 Å². The van der Waals surface area contributed by atoms with Crippen LogP contribution < -0.4 is 4.74 Å². The van der Waals surface area contributed by atoms with E-state index in [1.54, 1.807) is 0 Å². The molecule has 0 aliphatic carbocycles. The second kappa shape index (κ2) is 5.48. The van der Waals surface area contributed by atoms with Crippen LogP contribution in [0.3, 0.4) is 0 Å². The van der Waals surface area contributed by atoms with Gasteiger partial charge in [-0.05, 0) is 23.6 Å². The van der Waals surface area contributed by atoms with E-state index in [0.717, 1.165) is 24.3 Å². The van der Waals surface area contributed by atoms with Gasteiger partial charge in [-0.15, -0.1) is 0 Å². The summed E-state index contributed by atoms with van der Waals surface area (Å²) in [5.74, 6) is 1.55. The van der Waals surface area contributed by atoms with Crippen LogP contribution in [-0.4, -0.2) is 6.61 Å². The topological polar surface area (TPSA) is 9.23 Å². The van der Waals surface area contributed by atoms with Gasteiger partial charge in [0.15, 0.2) is 0 Å². The minimum absolute atomic E-state index is 0.613. The molecule has 0 aliphatic rings. The highest BCUT2D eigenvalue weighted by Gasteiger charge is 2.00. The van der Waals surface area contributed by atoms with E-state index in [9.17, 15) is 0 Å². The lowest BCUT2D eigenvalue weighted by Crippen LogP contribution is -2.07. The molecule has 1 heteroatoms. The van der Waals surface area contributed by atoms with Crippen molar-refractivity contribution in [2.75, 3.05) is 6.61 Å². The second-order valence-electron chi connectivity index (χ2n) is 3.60. The van der Waals surface area contributed by atoms with Crippen molar-refractivity contribution >= 4 is 6.08 Å². The molecule has 76 valence electrons. The van der Waals surface area contributed by atoms with Crippen molar-refractivity contribution in [3.8, 4) is 5.75 Å². The van der Waals surface area contributed by atoms with Crippen LogP contribution >= 0.6 is 0 Å². The first-order valence-electron chi connectivity index (χ1n) is 5.11. The van der Waals surface area contributed by atoms with E-state index in [1.165, 1.54) is 0 Å². The Morgan fingerprint density at radius 1 is 1.50 bits per heavy atom. The predicted molar refractivity (Wildman–Crippen MR) is 61.5 cm³/mol. The summed E-state index contributed by atoms with van der Waals surface area (Å²) in [5, 5.41) is 0. The molecule has 1 unspecified atom stereocenters. The van der Waals surface area contributed by atoms with Crippen LogP contribution in [-0.2, 0) is 0 Å². The molecule has 0 fully saturated rings. The summed E-state index contributed by atoms with van der Waals surface area (Å²) in [4.78, 5) is 0. The molecule has 0 spiro atoms. The minimum atomic E-state index is 0.613. The average Bonchev–Trinajstić information content (AvgIpc) is 2.26. The summed E-state index contributed by atoms with van der Waals surface area (Å²) in [6.07, 6.45) is 2.98. The fourth-order valence-corrected chi connectivity index (χ4v) is 1.09. The van der Waals surface area contributed by atoms with Crippen LogP contribution in [0.5, 0.6) is 5.75 Å². The molecule has 1 aromatic carbocycles. The molecule has 0 aliphatic heterocycles. The average molecular weight is 190 g/mol. The fraction of sp³-hybridized carbons (Fsp3) is 0.385. The highest BCUT2D eigenvalue weighted by Crippen LogP contribution is 2.15. The van der Waals surface area contributed by atoms with Crippen LogP contribution in [0, 0.1) is 5.92 Å². The normalized spacial score (nSPS) is 12.1. The summed E-state index contributed by atoms with van der Waals surface area (Å²) in [5.41, 5.74) is 1.10. The van der Waals surface area contributed by atoms with Crippen LogP contribution in [0.15, 0.2) is 30.8 Å². The monoisotopic (exact) mass is 190 g/mol. The Morgan fingerprint density at radius 3 is 2.93 bits per heavy atom. The molecule has 0 radical (unpaired) electrons. The fourth-order valence-electron chi connectivity index (χ4n) is 1.09. The largest absolute Gasteiger partial charge is 0.493 e. The van der Waals surface area contributed by atoms with E-state index in [-0.39, 0.29) is 0 Å². The highest BCUT2D eigenvalue weighted by molar-refractivity contribution is 5.49. The molecule has 1 atom stereocenters. The zero-order valence-electron chi connectivity index (χ0n) is 8.99. The van der Waals surface area contributed by atoms with Gasteiger partial charge in [-0.3, -0.25) is 0 Å². The van der Waals surface area contributed by atoms with Crippen molar-refractivity contribution in [1.82, 2.24) is 0 Å².